The fourth-order valence-electron chi connectivity index (χ4n) is 4.27. The van der Waals surface area contributed by atoms with Gasteiger partial charge in [0.05, 0.1) is 26.9 Å². The third kappa shape index (κ3) is 4.54. The van der Waals surface area contributed by atoms with Crippen molar-refractivity contribution in [1.82, 2.24) is 24.6 Å². The van der Waals surface area contributed by atoms with E-state index in [1.807, 2.05) is 6.07 Å². The maximum Gasteiger partial charge on any atom is 0.146 e. The third-order valence-corrected chi connectivity index (χ3v) is 5.88. The van der Waals surface area contributed by atoms with Gasteiger partial charge in [-0.1, -0.05) is 12.1 Å². The second-order valence-electron chi connectivity index (χ2n) is 7.85. The number of morpholine rings is 1. The molecule has 0 unspecified atom stereocenters. The average Bonchev–Trinajstić information content (AvgIpc) is 3.09. The fraction of sp³-hybridized carbons (Fsp3) is 0.619. The zero-order chi connectivity index (χ0) is 19.3. The van der Waals surface area contributed by atoms with Crippen LogP contribution in [0.25, 0.3) is 0 Å². The summed E-state index contributed by atoms with van der Waals surface area (Å²) in [5, 5.41) is 9.09. The van der Waals surface area contributed by atoms with Gasteiger partial charge in [0.25, 0.3) is 0 Å². The normalized spacial score (nSPS) is 21.7. The Morgan fingerprint density at radius 3 is 2.79 bits per heavy atom. The number of piperidine rings is 1. The van der Waals surface area contributed by atoms with Gasteiger partial charge in [0.1, 0.15) is 17.4 Å². The smallest absolute Gasteiger partial charge is 0.146 e. The van der Waals surface area contributed by atoms with E-state index in [0.717, 1.165) is 69.9 Å². The average molecular weight is 386 g/mol. The van der Waals surface area contributed by atoms with E-state index in [9.17, 15) is 0 Å². The van der Waals surface area contributed by atoms with E-state index >= 15 is 0 Å². The van der Waals surface area contributed by atoms with Gasteiger partial charge in [0.2, 0.25) is 0 Å². The molecular formula is C21H31N5O2. The van der Waals surface area contributed by atoms with E-state index in [1.54, 1.807) is 7.11 Å². The summed E-state index contributed by atoms with van der Waals surface area (Å²) in [5.74, 6) is 3.54. The van der Waals surface area contributed by atoms with Crippen LogP contribution in [0.3, 0.4) is 0 Å². The largest absolute Gasteiger partial charge is 0.497 e. The topological polar surface area (TPSA) is 55.6 Å². The predicted octanol–water partition coefficient (Wildman–Crippen LogP) is 2.04. The Morgan fingerprint density at radius 1 is 1.11 bits per heavy atom. The molecule has 4 rings (SSSR count). The van der Waals surface area contributed by atoms with Gasteiger partial charge in [-0.15, -0.1) is 10.2 Å². The van der Waals surface area contributed by atoms with Crippen LogP contribution in [-0.2, 0) is 24.9 Å². The summed E-state index contributed by atoms with van der Waals surface area (Å²) < 4.78 is 13.0. The van der Waals surface area contributed by atoms with Crippen LogP contribution in [0.1, 0.15) is 36.0 Å². The van der Waals surface area contributed by atoms with E-state index in [4.69, 9.17) is 9.47 Å². The lowest BCUT2D eigenvalue weighted by Crippen LogP contribution is -2.36. The molecule has 1 atom stereocenters. The summed E-state index contributed by atoms with van der Waals surface area (Å²) in [6.45, 7) is 7.53. The van der Waals surface area contributed by atoms with Crippen molar-refractivity contribution in [1.29, 1.82) is 0 Å². The van der Waals surface area contributed by atoms with Crippen LogP contribution in [0.15, 0.2) is 24.3 Å². The summed E-state index contributed by atoms with van der Waals surface area (Å²) in [5.41, 5.74) is 1.30. The summed E-state index contributed by atoms with van der Waals surface area (Å²) >= 11 is 0. The molecule has 2 aliphatic heterocycles. The van der Waals surface area contributed by atoms with Crippen LogP contribution >= 0.6 is 0 Å². The molecule has 2 saturated heterocycles. The Hall–Kier alpha value is -1.96. The highest BCUT2D eigenvalue weighted by molar-refractivity contribution is 5.28. The monoisotopic (exact) mass is 385 g/mol. The first kappa shape index (κ1) is 19.4. The molecule has 0 aliphatic carbocycles. The second kappa shape index (κ2) is 9.03. The van der Waals surface area contributed by atoms with Gasteiger partial charge in [-0.2, -0.15) is 0 Å². The first-order valence-corrected chi connectivity index (χ1v) is 10.3. The van der Waals surface area contributed by atoms with Crippen molar-refractivity contribution in [2.75, 3.05) is 46.5 Å². The van der Waals surface area contributed by atoms with Crippen molar-refractivity contribution in [2.24, 2.45) is 7.05 Å². The minimum absolute atomic E-state index is 0.440. The number of ether oxygens (including phenoxy) is 2. The SMILES string of the molecule is COc1cccc(CN2CCC[C@H](c3nnc(CN4CCOCC4)n3C)C2)c1. The Labute approximate surface area is 167 Å². The molecule has 0 bridgehead atoms. The molecule has 0 N–H and O–H groups in total. The van der Waals surface area contributed by atoms with Crippen molar-refractivity contribution >= 4 is 0 Å². The van der Waals surface area contributed by atoms with Gasteiger partial charge < -0.3 is 14.0 Å². The van der Waals surface area contributed by atoms with Crippen LogP contribution in [-0.4, -0.2) is 71.1 Å². The van der Waals surface area contributed by atoms with E-state index < -0.39 is 0 Å². The Balaban J connectivity index is 1.40. The third-order valence-electron chi connectivity index (χ3n) is 5.88. The number of benzene rings is 1. The lowest BCUT2D eigenvalue weighted by molar-refractivity contribution is 0.0326. The van der Waals surface area contributed by atoms with Gasteiger partial charge in [-0.05, 0) is 37.1 Å². The summed E-state index contributed by atoms with van der Waals surface area (Å²) in [6, 6.07) is 8.37. The maximum atomic E-state index is 5.45. The summed E-state index contributed by atoms with van der Waals surface area (Å²) in [6.07, 6.45) is 2.37. The lowest BCUT2D eigenvalue weighted by atomic mass is 9.96. The molecule has 2 fully saturated rings. The van der Waals surface area contributed by atoms with Crippen LogP contribution in [0.2, 0.25) is 0 Å². The van der Waals surface area contributed by atoms with Crippen molar-refractivity contribution in [3.8, 4) is 5.75 Å². The van der Waals surface area contributed by atoms with Crippen molar-refractivity contribution in [3.63, 3.8) is 0 Å². The van der Waals surface area contributed by atoms with Crippen molar-refractivity contribution < 1.29 is 9.47 Å². The molecule has 7 nitrogen and oxygen atoms in total. The number of rotatable bonds is 6. The number of methoxy groups -OCH3 is 1. The molecule has 2 aromatic rings. The number of likely N-dealkylation sites (tertiary alicyclic amines) is 1. The zero-order valence-electron chi connectivity index (χ0n) is 17.0. The second-order valence-corrected chi connectivity index (χ2v) is 7.85. The van der Waals surface area contributed by atoms with Gasteiger partial charge >= 0.3 is 0 Å². The Morgan fingerprint density at radius 2 is 1.96 bits per heavy atom. The molecule has 1 aromatic heterocycles. The molecule has 0 spiro atoms. The number of hydrogen-bond donors (Lipinski definition) is 0. The van der Waals surface area contributed by atoms with E-state index in [0.29, 0.717) is 5.92 Å². The Bertz CT molecular complexity index is 772. The van der Waals surface area contributed by atoms with Gasteiger partial charge in [0, 0.05) is 39.1 Å². The highest BCUT2D eigenvalue weighted by Gasteiger charge is 2.26. The lowest BCUT2D eigenvalue weighted by Gasteiger charge is -2.32. The first-order chi connectivity index (χ1) is 13.7. The molecule has 2 aliphatic rings. The molecular weight excluding hydrogens is 354 g/mol. The minimum Gasteiger partial charge on any atom is -0.497 e. The number of hydrogen-bond acceptors (Lipinski definition) is 6. The van der Waals surface area contributed by atoms with Gasteiger partial charge in [-0.3, -0.25) is 9.80 Å². The molecule has 28 heavy (non-hydrogen) atoms. The van der Waals surface area contributed by atoms with Gasteiger partial charge in [0.15, 0.2) is 0 Å². The van der Waals surface area contributed by atoms with Crippen LogP contribution in [0.4, 0.5) is 0 Å². The quantitative estimate of drug-likeness (QED) is 0.759. The first-order valence-electron chi connectivity index (χ1n) is 10.3. The maximum absolute atomic E-state index is 5.45. The Kier molecular flexibility index (Phi) is 6.24. The molecule has 0 amide bonds. The number of nitrogens with zero attached hydrogens (tertiary/aromatic N) is 5. The molecule has 152 valence electrons. The summed E-state index contributed by atoms with van der Waals surface area (Å²) in [7, 11) is 3.84. The molecule has 0 saturated carbocycles. The molecule has 0 radical (unpaired) electrons. The van der Waals surface area contributed by atoms with Crippen molar-refractivity contribution in [2.45, 2.75) is 31.8 Å². The van der Waals surface area contributed by atoms with Gasteiger partial charge in [-0.25, -0.2) is 0 Å². The zero-order valence-corrected chi connectivity index (χ0v) is 17.0. The van der Waals surface area contributed by atoms with Crippen LogP contribution in [0.5, 0.6) is 5.75 Å². The standard InChI is InChI=1S/C21H31N5O2/c1-24-20(16-25-9-11-28-12-10-25)22-23-21(24)18-6-4-8-26(15-18)14-17-5-3-7-19(13-17)27-2/h3,5,7,13,18H,4,6,8-12,14-16H2,1-2H3/t18-/m0/s1. The van der Waals surface area contributed by atoms with E-state index in [1.165, 1.54) is 18.4 Å². The number of aromatic nitrogens is 3. The van der Waals surface area contributed by atoms with Crippen molar-refractivity contribution in [3.05, 3.63) is 41.5 Å². The van der Waals surface area contributed by atoms with E-state index in [2.05, 4.69) is 49.8 Å². The minimum atomic E-state index is 0.440. The summed E-state index contributed by atoms with van der Waals surface area (Å²) in [4.78, 5) is 4.92. The van der Waals surface area contributed by atoms with Crippen LogP contribution < -0.4 is 4.74 Å². The molecule has 3 heterocycles. The molecule has 1 aromatic carbocycles. The predicted molar refractivity (Wildman–Crippen MR) is 107 cm³/mol. The highest BCUT2D eigenvalue weighted by Crippen LogP contribution is 2.27. The highest BCUT2D eigenvalue weighted by atomic mass is 16.5. The fourth-order valence-corrected chi connectivity index (χ4v) is 4.27. The van der Waals surface area contributed by atoms with Crippen LogP contribution in [0, 0.1) is 0 Å². The molecule has 7 heteroatoms. The van der Waals surface area contributed by atoms with E-state index in [-0.39, 0.29) is 0 Å².